The zero-order valence-electron chi connectivity index (χ0n) is 16.1. The fourth-order valence-electron chi connectivity index (χ4n) is 3.73. The lowest BCUT2D eigenvalue weighted by molar-refractivity contribution is -0.0544. The van der Waals surface area contributed by atoms with Crippen molar-refractivity contribution in [1.29, 1.82) is 0 Å². The van der Waals surface area contributed by atoms with Crippen molar-refractivity contribution >= 4 is 0 Å². The summed E-state index contributed by atoms with van der Waals surface area (Å²) in [6.45, 7) is 15.8. The molecule has 0 saturated carbocycles. The Kier molecular flexibility index (Phi) is 7.29. The molecule has 2 aliphatic rings. The number of likely N-dealkylation sites (N-methyl/N-ethyl adjacent to an activating group) is 1. The van der Waals surface area contributed by atoms with Gasteiger partial charge in [0, 0.05) is 59.0 Å². The third-order valence-electron chi connectivity index (χ3n) is 5.65. The van der Waals surface area contributed by atoms with Crippen molar-refractivity contribution in [2.75, 3.05) is 59.0 Å². The van der Waals surface area contributed by atoms with E-state index in [1.54, 1.807) is 0 Å². The van der Waals surface area contributed by atoms with Crippen molar-refractivity contribution in [3.05, 3.63) is 35.4 Å². The van der Waals surface area contributed by atoms with Gasteiger partial charge >= 0.3 is 0 Å². The van der Waals surface area contributed by atoms with E-state index in [-0.39, 0.29) is 0 Å². The highest BCUT2D eigenvalue weighted by molar-refractivity contribution is 5.22. The van der Waals surface area contributed by atoms with Crippen LogP contribution in [0.15, 0.2) is 24.3 Å². The topological polar surface area (TPSA) is 19.0 Å². The van der Waals surface area contributed by atoms with Gasteiger partial charge in [0.15, 0.2) is 0 Å². The van der Waals surface area contributed by atoms with E-state index in [4.69, 9.17) is 4.74 Å². The van der Waals surface area contributed by atoms with Crippen LogP contribution >= 0.6 is 0 Å². The van der Waals surface area contributed by atoms with Crippen LogP contribution in [-0.2, 0) is 17.7 Å². The first kappa shape index (κ1) is 18.8. The summed E-state index contributed by atoms with van der Waals surface area (Å²) in [5.41, 5.74) is 2.88. The molecule has 0 unspecified atom stereocenters. The summed E-state index contributed by atoms with van der Waals surface area (Å²) in [5.74, 6) is 0. The van der Waals surface area contributed by atoms with Crippen LogP contribution in [0.5, 0.6) is 0 Å². The lowest BCUT2D eigenvalue weighted by atomic mass is 10.1. The molecule has 0 radical (unpaired) electrons. The molecule has 25 heavy (non-hydrogen) atoms. The molecule has 4 nitrogen and oxygen atoms in total. The maximum atomic E-state index is 5.94. The maximum absolute atomic E-state index is 5.94. The van der Waals surface area contributed by atoms with Gasteiger partial charge in [-0.1, -0.05) is 38.1 Å². The first-order chi connectivity index (χ1) is 12.3. The van der Waals surface area contributed by atoms with E-state index in [1.165, 1.54) is 50.3 Å². The first-order valence-electron chi connectivity index (χ1n) is 10.1. The lowest BCUT2D eigenvalue weighted by Crippen LogP contribution is -2.52. The number of benzene rings is 1. The molecule has 0 aromatic heterocycles. The summed E-state index contributed by atoms with van der Waals surface area (Å²) in [7, 11) is 0. The van der Waals surface area contributed by atoms with Crippen molar-refractivity contribution in [3.8, 4) is 0 Å². The predicted octanol–water partition coefficient (Wildman–Crippen LogP) is 2.48. The summed E-state index contributed by atoms with van der Waals surface area (Å²) in [4.78, 5) is 7.61. The number of piperazine rings is 1. The molecule has 2 saturated heterocycles. The molecular formula is C21H35N3O. The number of aryl methyl sites for hydroxylation is 1. The molecule has 0 N–H and O–H groups in total. The molecule has 1 aromatic rings. The normalized spacial score (nSPS) is 20.7. The van der Waals surface area contributed by atoms with Gasteiger partial charge < -0.3 is 9.64 Å². The number of ether oxygens (including phenoxy) is 1. The zero-order chi connectivity index (χ0) is 17.5. The average Bonchev–Trinajstić information content (AvgIpc) is 2.62. The number of rotatable bonds is 9. The van der Waals surface area contributed by atoms with Gasteiger partial charge in [-0.15, -0.1) is 0 Å². The second-order valence-corrected chi connectivity index (χ2v) is 7.49. The number of hydrogen-bond acceptors (Lipinski definition) is 4. The lowest BCUT2D eigenvalue weighted by Gasteiger charge is -2.38. The Hall–Kier alpha value is -0.940. The van der Waals surface area contributed by atoms with E-state index in [2.05, 4.69) is 52.8 Å². The van der Waals surface area contributed by atoms with Crippen LogP contribution in [0.4, 0.5) is 0 Å². The molecular weight excluding hydrogens is 310 g/mol. The SMILES string of the molecule is CCc1ccc(CN2CCN(CCCOC3CN(CC)C3)CC2)cc1. The van der Waals surface area contributed by atoms with E-state index >= 15 is 0 Å². The van der Waals surface area contributed by atoms with Crippen LogP contribution in [-0.4, -0.2) is 79.8 Å². The van der Waals surface area contributed by atoms with E-state index in [0.29, 0.717) is 6.10 Å². The summed E-state index contributed by atoms with van der Waals surface area (Å²) in [5, 5.41) is 0. The standard InChI is InChI=1S/C21H35N3O/c1-3-19-6-8-20(9-7-19)16-24-13-11-23(12-14-24)10-5-15-25-21-17-22(4-2)18-21/h6-9,21H,3-5,10-18H2,1-2H3. The highest BCUT2D eigenvalue weighted by Gasteiger charge is 2.25. The van der Waals surface area contributed by atoms with Crippen LogP contribution in [0, 0.1) is 0 Å². The van der Waals surface area contributed by atoms with E-state index in [9.17, 15) is 0 Å². The molecule has 0 spiro atoms. The second-order valence-electron chi connectivity index (χ2n) is 7.49. The smallest absolute Gasteiger partial charge is 0.0828 e. The Bertz CT molecular complexity index is 490. The largest absolute Gasteiger partial charge is 0.376 e. The van der Waals surface area contributed by atoms with E-state index < -0.39 is 0 Å². The Morgan fingerprint density at radius 3 is 2.16 bits per heavy atom. The van der Waals surface area contributed by atoms with Gasteiger partial charge in [-0.25, -0.2) is 0 Å². The Balaban J connectivity index is 1.25. The molecule has 0 bridgehead atoms. The molecule has 4 heteroatoms. The fraction of sp³-hybridized carbons (Fsp3) is 0.714. The minimum absolute atomic E-state index is 0.496. The van der Waals surface area contributed by atoms with Crippen molar-refractivity contribution in [1.82, 2.24) is 14.7 Å². The molecule has 1 aromatic carbocycles. The van der Waals surface area contributed by atoms with Crippen LogP contribution in [0.2, 0.25) is 0 Å². The fourth-order valence-corrected chi connectivity index (χ4v) is 3.73. The van der Waals surface area contributed by atoms with Gasteiger partial charge in [0.1, 0.15) is 0 Å². The van der Waals surface area contributed by atoms with Crippen molar-refractivity contribution < 1.29 is 4.74 Å². The Labute approximate surface area is 153 Å². The third-order valence-corrected chi connectivity index (χ3v) is 5.65. The van der Waals surface area contributed by atoms with Gasteiger partial charge in [0.2, 0.25) is 0 Å². The average molecular weight is 346 g/mol. The van der Waals surface area contributed by atoms with Crippen molar-refractivity contribution in [3.63, 3.8) is 0 Å². The van der Waals surface area contributed by atoms with Crippen LogP contribution in [0.25, 0.3) is 0 Å². The Morgan fingerprint density at radius 1 is 0.880 bits per heavy atom. The van der Waals surface area contributed by atoms with Gasteiger partial charge in [0.25, 0.3) is 0 Å². The summed E-state index contributed by atoms with van der Waals surface area (Å²) < 4.78 is 5.94. The molecule has 2 heterocycles. The number of likely N-dealkylation sites (tertiary alicyclic amines) is 1. The number of hydrogen-bond donors (Lipinski definition) is 0. The molecule has 0 amide bonds. The molecule has 0 aliphatic carbocycles. The molecule has 3 rings (SSSR count). The van der Waals surface area contributed by atoms with Crippen LogP contribution in [0.1, 0.15) is 31.4 Å². The van der Waals surface area contributed by atoms with Crippen LogP contribution in [0.3, 0.4) is 0 Å². The molecule has 2 aliphatic heterocycles. The zero-order valence-corrected chi connectivity index (χ0v) is 16.1. The van der Waals surface area contributed by atoms with Gasteiger partial charge in [-0.2, -0.15) is 0 Å². The first-order valence-corrected chi connectivity index (χ1v) is 10.1. The van der Waals surface area contributed by atoms with E-state index in [1.807, 2.05) is 0 Å². The quantitative estimate of drug-likeness (QED) is 0.640. The monoisotopic (exact) mass is 345 g/mol. The summed E-state index contributed by atoms with van der Waals surface area (Å²) in [6, 6.07) is 9.13. The minimum atomic E-state index is 0.496. The van der Waals surface area contributed by atoms with Gasteiger partial charge in [-0.05, 0) is 30.5 Å². The minimum Gasteiger partial charge on any atom is -0.376 e. The van der Waals surface area contributed by atoms with E-state index in [0.717, 1.165) is 39.2 Å². The van der Waals surface area contributed by atoms with Gasteiger partial charge in [0.05, 0.1) is 6.10 Å². The van der Waals surface area contributed by atoms with Crippen LogP contribution < -0.4 is 0 Å². The van der Waals surface area contributed by atoms with Crippen molar-refractivity contribution in [2.24, 2.45) is 0 Å². The molecule has 2 fully saturated rings. The molecule has 0 atom stereocenters. The number of nitrogens with zero attached hydrogens (tertiary/aromatic N) is 3. The molecule has 140 valence electrons. The predicted molar refractivity (Wildman–Crippen MR) is 104 cm³/mol. The Morgan fingerprint density at radius 2 is 1.52 bits per heavy atom. The maximum Gasteiger partial charge on any atom is 0.0828 e. The van der Waals surface area contributed by atoms with Gasteiger partial charge in [-0.3, -0.25) is 9.80 Å². The third kappa shape index (κ3) is 5.78. The van der Waals surface area contributed by atoms with Crippen molar-refractivity contribution in [2.45, 2.75) is 39.3 Å². The highest BCUT2D eigenvalue weighted by atomic mass is 16.5. The summed E-state index contributed by atoms with van der Waals surface area (Å²) >= 11 is 0. The highest BCUT2D eigenvalue weighted by Crippen LogP contribution is 2.12. The summed E-state index contributed by atoms with van der Waals surface area (Å²) in [6.07, 6.45) is 2.79. The second kappa shape index (κ2) is 9.67.